The van der Waals surface area contributed by atoms with E-state index in [1.165, 1.54) is 37.1 Å². The molecule has 1 amide bonds. The molecule has 9 nitrogen and oxygen atoms in total. The van der Waals surface area contributed by atoms with Crippen LogP contribution in [0.25, 0.3) is 0 Å². The van der Waals surface area contributed by atoms with Gasteiger partial charge in [0.2, 0.25) is 0 Å². The third-order valence-corrected chi connectivity index (χ3v) is 5.69. The van der Waals surface area contributed by atoms with Crippen molar-refractivity contribution in [3.05, 3.63) is 111 Å². The van der Waals surface area contributed by atoms with E-state index < -0.39 is 17.5 Å². The number of pyridine rings is 2. The van der Waals surface area contributed by atoms with E-state index in [-0.39, 0.29) is 36.7 Å². The second-order valence-electron chi connectivity index (χ2n) is 8.22. The quantitative estimate of drug-likeness (QED) is 0.340. The number of amides is 1. The average Bonchev–Trinajstić information content (AvgIpc) is 3.28. The van der Waals surface area contributed by atoms with Crippen molar-refractivity contribution in [3.63, 3.8) is 0 Å². The maximum absolute atomic E-state index is 14.4. The first-order valence-corrected chi connectivity index (χ1v) is 11.3. The Morgan fingerprint density at radius 2 is 1.81 bits per heavy atom. The molecule has 0 aliphatic rings. The molecule has 3 heterocycles. The van der Waals surface area contributed by atoms with Crippen LogP contribution in [-0.2, 0) is 30.9 Å². The molecule has 0 bridgehead atoms. The number of rotatable bonds is 10. The Balaban J connectivity index is 1.50. The average molecular weight is 510 g/mol. The lowest BCUT2D eigenvalue weighted by atomic mass is 10.0. The van der Waals surface area contributed by atoms with Crippen LogP contribution in [0.4, 0.5) is 8.78 Å². The zero-order chi connectivity index (χ0) is 26.4. The molecule has 2 N–H and O–H groups in total. The Labute approximate surface area is 211 Å². The van der Waals surface area contributed by atoms with Gasteiger partial charge in [-0.1, -0.05) is 24.3 Å². The number of ether oxygens (including phenoxy) is 2. The zero-order valence-corrected chi connectivity index (χ0v) is 20.3. The van der Waals surface area contributed by atoms with Crippen molar-refractivity contribution in [2.45, 2.75) is 26.1 Å². The summed E-state index contributed by atoms with van der Waals surface area (Å²) in [6, 6.07) is 11.1. The summed E-state index contributed by atoms with van der Waals surface area (Å²) in [5, 5.41) is 9.81. The number of hydrogen-bond acceptors (Lipinski definition) is 6. The van der Waals surface area contributed by atoms with Gasteiger partial charge in [-0.15, -0.1) is 0 Å². The number of benzene rings is 1. The largest absolute Gasteiger partial charge is 0.494 e. The number of carbonyl (C=O) groups excluding carboxylic acids is 1. The molecule has 0 spiro atoms. The molecule has 0 aliphatic carbocycles. The van der Waals surface area contributed by atoms with Gasteiger partial charge in [0.15, 0.2) is 11.6 Å². The van der Waals surface area contributed by atoms with Gasteiger partial charge >= 0.3 is 0 Å². The predicted molar refractivity (Wildman–Crippen MR) is 130 cm³/mol. The van der Waals surface area contributed by atoms with Crippen molar-refractivity contribution in [3.8, 4) is 5.75 Å². The van der Waals surface area contributed by atoms with Crippen molar-refractivity contribution in [1.82, 2.24) is 25.1 Å². The highest BCUT2D eigenvalue weighted by Gasteiger charge is 2.21. The number of aromatic nitrogens is 4. The van der Waals surface area contributed by atoms with E-state index in [4.69, 9.17) is 9.47 Å². The van der Waals surface area contributed by atoms with Crippen LogP contribution in [0, 0.1) is 11.6 Å². The molecule has 192 valence electrons. The first-order valence-electron chi connectivity index (χ1n) is 11.3. The number of nitrogens with one attached hydrogen (secondary N) is 2. The molecule has 0 atom stereocenters. The Morgan fingerprint density at radius 3 is 2.54 bits per heavy atom. The topological polar surface area (TPSA) is 111 Å². The standard InChI is InChI=1S/C26H25F2N5O4/c1-36-15-21-24(26(35)30-12-20-25(28)22(37-2)9-10-29-20)19(31-32-21)11-16-3-5-17(6-4-16)13-33-14-18(27)7-8-23(33)34/h3-10,14H,11-13,15H2,1-2H3,(H,30,35)(H,31,32). The van der Waals surface area contributed by atoms with Gasteiger partial charge in [0, 0.05) is 38.1 Å². The summed E-state index contributed by atoms with van der Waals surface area (Å²) in [5.41, 5.74) is 2.70. The lowest BCUT2D eigenvalue weighted by molar-refractivity contribution is 0.0944. The summed E-state index contributed by atoms with van der Waals surface area (Å²) < 4.78 is 39.3. The van der Waals surface area contributed by atoms with Crippen LogP contribution in [0.3, 0.4) is 0 Å². The molecule has 4 rings (SSSR count). The molecule has 0 fully saturated rings. The van der Waals surface area contributed by atoms with Gasteiger partial charge in [-0.25, -0.2) is 8.78 Å². The SMILES string of the molecule is COCc1n[nH]c(Cc2ccc(Cn3cc(F)ccc3=O)cc2)c1C(=O)NCc1nccc(OC)c1F. The highest BCUT2D eigenvalue weighted by Crippen LogP contribution is 2.20. The van der Waals surface area contributed by atoms with Crippen LogP contribution in [0.5, 0.6) is 5.75 Å². The van der Waals surface area contributed by atoms with E-state index in [1.54, 1.807) is 0 Å². The third-order valence-electron chi connectivity index (χ3n) is 5.69. The minimum atomic E-state index is -0.643. The number of hydrogen-bond donors (Lipinski definition) is 2. The number of H-pyrrole nitrogens is 1. The maximum atomic E-state index is 14.4. The Bertz CT molecular complexity index is 1450. The molecule has 37 heavy (non-hydrogen) atoms. The molecular formula is C26H25F2N5O4. The number of carbonyl (C=O) groups is 1. The Kier molecular flexibility index (Phi) is 8.04. The van der Waals surface area contributed by atoms with Crippen LogP contribution in [-0.4, -0.2) is 39.9 Å². The van der Waals surface area contributed by atoms with Crippen molar-refractivity contribution in [1.29, 1.82) is 0 Å². The first kappa shape index (κ1) is 25.7. The summed E-state index contributed by atoms with van der Waals surface area (Å²) in [5.74, 6) is -1.55. The molecular weight excluding hydrogens is 484 g/mol. The van der Waals surface area contributed by atoms with E-state index >= 15 is 0 Å². The maximum Gasteiger partial charge on any atom is 0.255 e. The number of nitrogens with zero attached hydrogens (tertiary/aromatic N) is 3. The summed E-state index contributed by atoms with van der Waals surface area (Å²) in [6.07, 6.45) is 2.92. The molecule has 0 saturated carbocycles. The van der Waals surface area contributed by atoms with Gasteiger partial charge in [0.05, 0.1) is 43.8 Å². The van der Waals surface area contributed by atoms with Gasteiger partial charge in [0.25, 0.3) is 11.5 Å². The first-order chi connectivity index (χ1) is 17.9. The second kappa shape index (κ2) is 11.6. The summed E-state index contributed by atoms with van der Waals surface area (Å²) in [7, 11) is 2.84. The molecule has 0 aliphatic heterocycles. The van der Waals surface area contributed by atoms with Crippen LogP contribution < -0.4 is 15.6 Å². The Morgan fingerprint density at radius 1 is 1.05 bits per heavy atom. The van der Waals surface area contributed by atoms with Crippen molar-refractivity contribution >= 4 is 5.91 Å². The van der Waals surface area contributed by atoms with Gasteiger partial charge in [-0.3, -0.25) is 19.7 Å². The summed E-state index contributed by atoms with van der Waals surface area (Å²) >= 11 is 0. The molecule has 3 aromatic heterocycles. The second-order valence-corrected chi connectivity index (χ2v) is 8.22. The van der Waals surface area contributed by atoms with E-state index in [2.05, 4.69) is 20.5 Å². The number of aromatic amines is 1. The van der Waals surface area contributed by atoms with Crippen LogP contribution in [0.1, 0.15) is 38.6 Å². The molecule has 0 unspecified atom stereocenters. The molecule has 1 aromatic carbocycles. The van der Waals surface area contributed by atoms with E-state index in [1.807, 2.05) is 24.3 Å². The third kappa shape index (κ3) is 6.07. The highest BCUT2D eigenvalue weighted by atomic mass is 19.1. The fourth-order valence-corrected chi connectivity index (χ4v) is 3.85. The summed E-state index contributed by atoms with van der Waals surface area (Å²) in [6.45, 7) is 0.181. The van der Waals surface area contributed by atoms with Gasteiger partial charge in [-0.05, 0) is 17.2 Å². The summed E-state index contributed by atoms with van der Waals surface area (Å²) in [4.78, 5) is 29.0. The molecule has 0 saturated heterocycles. The van der Waals surface area contributed by atoms with Gasteiger partial charge in [-0.2, -0.15) is 5.10 Å². The normalized spacial score (nSPS) is 10.9. The van der Waals surface area contributed by atoms with Crippen molar-refractivity contribution < 1.29 is 23.0 Å². The van der Waals surface area contributed by atoms with Crippen molar-refractivity contribution in [2.24, 2.45) is 0 Å². The van der Waals surface area contributed by atoms with Gasteiger partial charge in [0.1, 0.15) is 11.5 Å². The Hall–Kier alpha value is -4.38. The van der Waals surface area contributed by atoms with Crippen molar-refractivity contribution in [2.75, 3.05) is 14.2 Å². The lowest BCUT2D eigenvalue weighted by Gasteiger charge is -2.10. The fourth-order valence-electron chi connectivity index (χ4n) is 3.85. The number of halogens is 2. The van der Waals surface area contributed by atoms with Crippen LogP contribution >= 0.6 is 0 Å². The number of methoxy groups -OCH3 is 2. The van der Waals surface area contributed by atoms with Crippen LogP contribution in [0.15, 0.2) is 59.7 Å². The molecule has 0 radical (unpaired) electrons. The zero-order valence-electron chi connectivity index (χ0n) is 20.3. The minimum absolute atomic E-state index is 0.0362. The van der Waals surface area contributed by atoms with Gasteiger partial charge < -0.3 is 19.4 Å². The smallest absolute Gasteiger partial charge is 0.255 e. The highest BCUT2D eigenvalue weighted by molar-refractivity contribution is 5.96. The monoisotopic (exact) mass is 509 g/mol. The molecule has 11 heteroatoms. The van der Waals surface area contributed by atoms with E-state index in [0.717, 1.165) is 23.4 Å². The van der Waals surface area contributed by atoms with Crippen LogP contribution in [0.2, 0.25) is 0 Å². The van der Waals surface area contributed by atoms with E-state index in [9.17, 15) is 18.4 Å². The fraction of sp³-hybridized carbons (Fsp3) is 0.231. The predicted octanol–water partition coefficient (Wildman–Crippen LogP) is 2.97. The lowest BCUT2D eigenvalue weighted by Crippen LogP contribution is -2.26. The minimum Gasteiger partial charge on any atom is -0.494 e. The molecule has 4 aromatic rings. The van der Waals surface area contributed by atoms with E-state index in [0.29, 0.717) is 23.4 Å².